The second-order valence-electron chi connectivity index (χ2n) is 4.68. The van der Waals surface area contributed by atoms with E-state index < -0.39 is 16.1 Å². The first-order chi connectivity index (χ1) is 9.31. The van der Waals surface area contributed by atoms with Crippen molar-refractivity contribution < 1.29 is 8.42 Å². The third-order valence-electron chi connectivity index (χ3n) is 2.91. The Morgan fingerprint density at radius 3 is 2.65 bits per heavy atom. The Labute approximate surface area is 125 Å². The van der Waals surface area contributed by atoms with Gasteiger partial charge in [-0.25, -0.2) is 13.4 Å². The Bertz CT molecular complexity index is 566. The highest BCUT2D eigenvalue weighted by Gasteiger charge is 2.24. The van der Waals surface area contributed by atoms with Crippen LogP contribution < -0.4 is 10.5 Å². The molecule has 1 heterocycles. The van der Waals surface area contributed by atoms with Crippen LogP contribution in [0.1, 0.15) is 38.9 Å². The van der Waals surface area contributed by atoms with Gasteiger partial charge in [-0.05, 0) is 19.8 Å². The summed E-state index contributed by atoms with van der Waals surface area (Å²) in [5.41, 5.74) is 5.57. The molecule has 1 aromatic rings. The van der Waals surface area contributed by atoms with Crippen LogP contribution >= 0.6 is 12.2 Å². The molecule has 0 aliphatic heterocycles. The molecule has 0 fully saturated rings. The number of sulfonamides is 1. The van der Waals surface area contributed by atoms with Gasteiger partial charge in [0, 0.05) is 12.7 Å². The zero-order valence-electron chi connectivity index (χ0n) is 12.1. The van der Waals surface area contributed by atoms with Crippen molar-refractivity contribution >= 4 is 27.2 Å². The summed E-state index contributed by atoms with van der Waals surface area (Å²) in [4.78, 5) is 4.25. The molecule has 0 amide bonds. The second kappa shape index (κ2) is 7.14. The number of thiocarbonyl (C=S) groups is 1. The Balaban J connectivity index is 2.98. The monoisotopic (exact) mass is 318 g/mol. The first kappa shape index (κ1) is 17.1. The first-order valence-electron chi connectivity index (χ1n) is 6.67. The van der Waals surface area contributed by atoms with Crippen molar-refractivity contribution in [3.63, 3.8) is 0 Å². The van der Waals surface area contributed by atoms with Crippen molar-refractivity contribution in [2.45, 2.75) is 57.6 Å². The van der Waals surface area contributed by atoms with E-state index in [1.807, 2.05) is 18.4 Å². The summed E-state index contributed by atoms with van der Waals surface area (Å²) in [5, 5.41) is 0.0146. The van der Waals surface area contributed by atoms with Crippen LogP contribution in [0.2, 0.25) is 0 Å². The number of nitrogens with one attached hydrogen (secondary N) is 1. The third-order valence-corrected chi connectivity index (χ3v) is 4.54. The summed E-state index contributed by atoms with van der Waals surface area (Å²) in [6.45, 7) is 6.49. The maximum Gasteiger partial charge on any atom is 0.260 e. The van der Waals surface area contributed by atoms with Gasteiger partial charge in [0.2, 0.25) is 0 Å². The predicted octanol–water partition coefficient (Wildman–Crippen LogP) is 1.33. The Kier molecular flexibility index (Phi) is 6.09. The van der Waals surface area contributed by atoms with Gasteiger partial charge in [0.25, 0.3) is 10.0 Å². The van der Waals surface area contributed by atoms with Gasteiger partial charge in [0.15, 0.2) is 5.03 Å². The van der Waals surface area contributed by atoms with Gasteiger partial charge < -0.3 is 10.3 Å². The van der Waals surface area contributed by atoms with Gasteiger partial charge in [-0.1, -0.05) is 32.5 Å². The van der Waals surface area contributed by atoms with Crippen molar-refractivity contribution in [2.24, 2.45) is 5.73 Å². The predicted molar refractivity (Wildman–Crippen MR) is 83.1 cm³/mol. The highest BCUT2D eigenvalue weighted by Crippen LogP contribution is 2.11. The molecule has 20 heavy (non-hydrogen) atoms. The van der Waals surface area contributed by atoms with Gasteiger partial charge in [-0.3, -0.25) is 0 Å². The molecule has 1 atom stereocenters. The Morgan fingerprint density at radius 2 is 2.15 bits per heavy atom. The fraction of sp³-hybridized carbons (Fsp3) is 0.667. The van der Waals surface area contributed by atoms with Crippen LogP contribution in [0.15, 0.2) is 11.2 Å². The van der Waals surface area contributed by atoms with E-state index in [1.165, 1.54) is 0 Å². The largest absolute Gasteiger partial charge is 0.392 e. The number of aromatic nitrogens is 2. The van der Waals surface area contributed by atoms with Gasteiger partial charge in [0.05, 0.1) is 11.0 Å². The van der Waals surface area contributed by atoms with E-state index in [0.29, 0.717) is 12.2 Å². The molecule has 0 bridgehead atoms. The third kappa shape index (κ3) is 4.26. The van der Waals surface area contributed by atoms with Crippen molar-refractivity contribution in [2.75, 3.05) is 0 Å². The molecule has 0 saturated heterocycles. The van der Waals surface area contributed by atoms with E-state index in [1.54, 1.807) is 13.1 Å². The molecule has 0 aliphatic carbocycles. The number of hydrogen-bond donors (Lipinski definition) is 2. The lowest BCUT2D eigenvalue weighted by Crippen LogP contribution is -2.43. The van der Waals surface area contributed by atoms with E-state index in [2.05, 4.69) is 9.71 Å². The fourth-order valence-corrected chi connectivity index (χ4v) is 3.38. The van der Waals surface area contributed by atoms with Crippen molar-refractivity contribution in [1.29, 1.82) is 0 Å². The number of hydrogen-bond acceptors (Lipinski definition) is 4. The SMILES string of the molecule is CCCC(NS(=O)(=O)c1cn(CCC)c(C)n1)C(N)=S. The summed E-state index contributed by atoms with van der Waals surface area (Å²) in [7, 11) is -3.70. The Hall–Kier alpha value is -0.990. The van der Waals surface area contributed by atoms with Crippen LogP contribution in [-0.2, 0) is 16.6 Å². The normalized spacial score (nSPS) is 13.3. The molecular formula is C12H22N4O2S2. The smallest absolute Gasteiger partial charge is 0.260 e. The van der Waals surface area contributed by atoms with E-state index >= 15 is 0 Å². The molecule has 114 valence electrons. The van der Waals surface area contributed by atoms with E-state index in [-0.39, 0.29) is 10.0 Å². The molecule has 6 nitrogen and oxygen atoms in total. The second-order valence-corrected chi connectivity index (χ2v) is 6.82. The van der Waals surface area contributed by atoms with Gasteiger partial charge in [0.1, 0.15) is 5.82 Å². The minimum atomic E-state index is -3.70. The van der Waals surface area contributed by atoms with Crippen LogP contribution in [0.4, 0.5) is 0 Å². The number of nitrogens with zero attached hydrogens (tertiary/aromatic N) is 2. The molecule has 1 aromatic heterocycles. The first-order valence-corrected chi connectivity index (χ1v) is 8.56. The fourth-order valence-electron chi connectivity index (χ4n) is 1.87. The average molecular weight is 318 g/mol. The molecule has 1 unspecified atom stereocenters. The summed E-state index contributed by atoms with van der Waals surface area (Å²) in [6, 6.07) is -0.531. The number of rotatable bonds is 8. The van der Waals surface area contributed by atoms with Gasteiger partial charge in [-0.2, -0.15) is 4.72 Å². The molecular weight excluding hydrogens is 296 g/mol. The molecule has 0 aromatic carbocycles. The molecule has 3 N–H and O–H groups in total. The number of aryl methyl sites for hydroxylation is 2. The lowest BCUT2D eigenvalue weighted by molar-refractivity contribution is 0.563. The van der Waals surface area contributed by atoms with Crippen LogP contribution in [0.25, 0.3) is 0 Å². The standard InChI is InChI=1S/C12H22N4O2S2/c1-4-6-10(12(13)19)15-20(17,18)11-8-16(7-5-2)9(3)14-11/h8,10,15H,4-7H2,1-3H3,(H2,13,19). The molecule has 0 radical (unpaired) electrons. The molecule has 0 spiro atoms. The maximum absolute atomic E-state index is 12.3. The van der Waals surface area contributed by atoms with Crippen molar-refractivity contribution in [3.05, 3.63) is 12.0 Å². The van der Waals surface area contributed by atoms with Crippen LogP contribution in [0.3, 0.4) is 0 Å². The zero-order chi connectivity index (χ0) is 15.3. The number of imidazole rings is 1. The summed E-state index contributed by atoms with van der Waals surface area (Å²) >= 11 is 4.90. The van der Waals surface area contributed by atoms with Crippen LogP contribution in [-0.4, -0.2) is 29.0 Å². The molecule has 8 heteroatoms. The molecule has 0 aliphatic rings. The van der Waals surface area contributed by atoms with Crippen LogP contribution in [0.5, 0.6) is 0 Å². The molecule has 0 saturated carbocycles. The van der Waals surface area contributed by atoms with E-state index in [9.17, 15) is 8.42 Å². The maximum atomic E-state index is 12.3. The van der Waals surface area contributed by atoms with Gasteiger partial charge >= 0.3 is 0 Å². The minimum absolute atomic E-state index is 0.0146. The van der Waals surface area contributed by atoms with Crippen molar-refractivity contribution in [1.82, 2.24) is 14.3 Å². The topological polar surface area (TPSA) is 90.0 Å². The molecule has 1 rings (SSSR count). The number of nitrogens with two attached hydrogens (primary N) is 1. The highest BCUT2D eigenvalue weighted by atomic mass is 32.2. The zero-order valence-corrected chi connectivity index (χ0v) is 13.7. The lowest BCUT2D eigenvalue weighted by Gasteiger charge is -2.15. The van der Waals surface area contributed by atoms with Crippen molar-refractivity contribution in [3.8, 4) is 0 Å². The average Bonchev–Trinajstić information content (AvgIpc) is 2.71. The quantitative estimate of drug-likeness (QED) is 0.706. The summed E-state index contributed by atoms with van der Waals surface area (Å²) in [5.74, 6) is 0.676. The van der Waals surface area contributed by atoms with E-state index in [0.717, 1.165) is 19.4 Å². The van der Waals surface area contributed by atoms with E-state index in [4.69, 9.17) is 18.0 Å². The van der Waals surface area contributed by atoms with Crippen LogP contribution in [0, 0.1) is 6.92 Å². The lowest BCUT2D eigenvalue weighted by atomic mass is 10.2. The van der Waals surface area contributed by atoms with Gasteiger partial charge in [-0.15, -0.1) is 0 Å². The highest BCUT2D eigenvalue weighted by molar-refractivity contribution is 7.89. The summed E-state index contributed by atoms with van der Waals surface area (Å²) < 4.78 is 28.9. The minimum Gasteiger partial charge on any atom is -0.392 e. The Morgan fingerprint density at radius 1 is 1.50 bits per heavy atom. The summed E-state index contributed by atoms with van der Waals surface area (Å²) in [6.07, 6.45) is 3.82.